The van der Waals surface area contributed by atoms with Crippen LogP contribution >= 0.6 is 0 Å². The highest BCUT2D eigenvalue weighted by Gasteiger charge is 2.17. The second-order valence-corrected chi connectivity index (χ2v) is 5.26. The number of para-hydroxylation sites is 1. The average Bonchev–Trinajstić information content (AvgIpc) is 2.95. The van der Waals surface area contributed by atoms with E-state index in [1.54, 1.807) is 6.20 Å². The third kappa shape index (κ3) is 2.54. The van der Waals surface area contributed by atoms with Crippen LogP contribution in [0.3, 0.4) is 0 Å². The van der Waals surface area contributed by atoms with Crippen molar-refractivity contribution in [3.8, 4) is 0 Å². The maximum Gasteiger partial charge on any atom is 0.137 e. The minimum atomic E-state index is -0.748. The van der Waals surface area contributed by atoms with E-state index in [1.165, 1.54) is 0 Å². The van der Waals surface area contributed by atoms with Gasteiger partial charge in [-0.2, -0.15) is 5.10 Å². The van der Waals surface area contributed by atoms with Gasteiger partial charge in [0.2, 0.25) is 0 Å². The van der Waals surface area contributed by atoms with E-state index in [0.717, 1.165) is 35.1 Å². The Labute approximate surface area is 124 Å². The molecule has 1 atom stereocenters. The van der Waals surface area contributed by atoms with Gasteiger partial charge in [-0.05, 0) is 37.1 Å². The molecule has 1 unspecified atom stereocenters. The highest BCUT2D eigenvalue weighted by Crippen LogP contribution is 2.25. The van der Waals surface area contributed by atoms with Crippen molar-refractivity contribution in [3.63, 3.8) is 0 Å². The van der Waals surface area contributed by atoms with Gasteiger partial charge >= 0.3 is 0 Å². The van der Waals surface area contributed by atoms with E-state index in [4.69, 9.17) is 0 Å². The number of benzene rings is 1. The van der Waals surface area contributed by atoms with Gasteiger partial charge in [0.1, 0.15) is 6.10 Å². The minimum absolute atomic E-state index is 0.670. The second kappa shape index (κ2) is 5.66. The van der Waals surface area contributed by atoms with Gasteiger partial charge in [0.25, 0.3) is 0 Å². The standard InChI is InChI=1S/C17H19N3O/c1-3-10-20-16(8-9-18-20)17(21)15-11-12(2)13-6-4-5-7-14(13)19-15/h4-9,11,17,21H,3,10H2,1-2H3. The normalized spacial score (nSPS) is 12.7. The van der Waals surface area contributed by atoms with Crippen molar-refractivity contribution in [1.29, 1.82) is 0 Å². The number of aliphatic hydroxyl groups is 1. The summed E-state index contributed by atoms with van der Waals surface area (Å²) in [6.45, 7) is 4.94. The molecule has 1 N–H and O–H groups in total. The Balaban J connectivity index is 2.05. The predicted octanol–water partition coefficient (Wildman–Crippen LogP) is 3.23. The van der Waals surface area contributed by atoms with Crippen molar-refractivity contribution >= 4 is 10.9 Å². The maximum absolute atomic E-state index is 10.6. The summed E-state index contributed by atoms with van der Waals surface area (Å²) in [5, 5.41) is 16.0. The molecular formula is C17H19N3O. The fourth-order valence-corrected chi connectivity index (χ4v) is 2.64. The van der Waals surface area contributed by atoms with Crippen LogP contribution in [-0.2, 0) is 6.54 Å². The van der Waals surface area contributed by atoms with Crippen LogP contribution in [0.2, 0.25) is 0 Å². The molecule has 0 saturated heterocycles. The highest BCUT2D eigenvalue weighted by atomic mass is 16.3. The van der Waals surface area contributed by atoms with E-state index >= 15 is 0 Å². The quantitative estimate of drug-likeness (QED) is 0.798. The molecule has 2 heterocycles. The van der Waals surface area contributed by atoms with Crippen molar-refractivity contribution in [2.75, 3.05) is 0 Å². The van der Waals surface area contributed by atoms with E-state index < -0.39 is 6.10 Å². The predicted molar refractivity (Wildman–Crippen MR) is 83.1 cm³/mol. The van der Waals surface area contributed by atoms with Gasteiger partial charge in [-0.3, -0.25) is 4.68 Å². The fourth-order valence-electron chi connectivity index (χ4n) is 2.64. The number of hydrogen-bond acceptors (Lipinski definition) is 3. The number of hydrogen-bond donors (Lipinski definition) is 1. The summed E-state index contributed by atoms with van der Waals surface area (Å²) in [7, 11) is 0. The third-order valence-electron chi connectivity index (χ3n) is 3.69. The van der Waals surface area contributed by atoms with Crippen molar-refractivity contribution < 1.29 is 5.11 Å². The Morgan fingerprint density at radius 2 is 2.05 bits per heavy atom. The van der Waals surface area contributed by atoms with E-state index in [2.05, 4.69) is 23.1 Å². The van der Waals surface area contributed by atoms with E-state index in [9.17, 15) is 5.11 Å². The Morgan fingerprint density at radius 1 is 1.24 bits per heavy atom. The lowest BCUT2D eigenvalue weighted by Crippen LogP contribution is -2.11. The number of nitrogens with zero attached hydrogens (tertiary/aromatic N) is 3. The van der Waals surface area contributed by atoms with E-state index in [1.807, 2.05) is 41.9 Å². The molecule has 3 aromatic rings. The first-order valence-electron chi connectivity index (χ1n) is 7.26. The van der Waals surface area contributed by atoms with Gasteiger partial charge in [0, 0.05) is 18.1 Å². The summed E-state index contributed by atoms with van der Waals surface area (Å²) in [6, 6.07) is 11.8. The summed E-state index contributed by atoms with van der Waals surface area (Å²) in [4.78, 5) is 4.60. The van der Waals surface area contributed by atoms with Crippen LogP contribution in [0.5, 0.6) is 0 Å². The molecule has 0 fully saturated rings. The molecule has 4 nitrogen and oxygen atoms in total. The average molecular weight is 281 g/mol. The molecule has 0 aliphatic heterocycles. The Kier molecular flexibility index (Phi) is 3.71. The molecule has 3 rings (SSSR count). The van der Waals surface area contributed by atoms with Crippen LogP contribution in [-0.4, -0.2) is 19.9 Å². The number of rotatable bonds is 4. The van der Waals surface area contributed by atoms with Crippen LogP contribution in [0.1, 0.15) is 36.4 Å². The van der Waals surface area contributed by atoms with E-state index in [0.29, 0.717) is 5.69 Å². The van der Waals surface area contributed by atoms with Crippen LogP contribution < -0.4 is 0 Å². The lowest BCUT2D eigenvalue weighted by molar-refractivity contribution is 0.203. The first kappa shape index (κ1) is 13.8. The van der Waals surface area contributed by atoms with Crippen molar-refractivity contribution in [3.05, 3.63) is 59.5 Å². The number of pyridine rings is 1. The van der Waals surface area contributed by atoms with Gasteiger partial charge in [-0.1, -0.05) is 25.1 Å². The zero-order chi connectivity index (χ0) is 14.8. The zero-order valence-corrected chi connectivity index (χ0v) is 12.3. The molecule has 4 heteroatoms. The molecule has 0 aliphatic rings. The molecule has 21 heavy (non-hydrogen) atoms. The first-order valence-corrected chi connectivity index (χ1v) is 7.26. The lowest BCUT2D eigenvalue weighted by Gasteiger charge is -2.14. The van der Waals surface area contributed by atoms with Crippen LogP contribution in [0.25, 0.3) is 10.9 Å². The first-order chi connectivity index (χ1) is 10.2. The Hall–Kier alpha value is -2.20. The van der Waals surface area contributed by atoms with Gasteiger partial charge in [-0.25, -0.2) is 4.98 Å². The molecule has 108 valence electrons. The third-order valence-corrected chi connectivity index (χ3v) is 3.69. The minimum Gasteiger partial charge on any atom is -0.380 e. The maximum atomic E-state index is 10.6. The summed E-state index contributed by atoms with van der Waals surface area (Å²) < 4.78 is 1.84. The van der Waals surface area contributed by atoms with Crippen LogP contribution in [0.4, 0.5) is 0 Å². The summed E-state index contributed by atoms with van der Waals surface area (Å²) >= 11 is 0. The van der Waals surface area contributed by atoms with Crippen molar-refractivity contribution in [2.24, 2.45) is 0 Å². The molecule has 0 aliphatic carbocycles. The van der Waals surface area contributed by atoms with Crippen molar-refractivity contribution in [1.82, 2.24) is 14.8 Å². The molecular weight excluding hydrogens is 262 g/mol. The zero-order valence-electron chi connectivity index (χ0n) is 12.3. The smallest absolute Gasteiger partial charge is 0.137 e. The topological polar surface area (TPSA) is 50.9 Å². The van der Waals surface area contributed by atoms with Crippen molar-refractivity contribution in [2.45, 2.75) is 32.9 Å². The summed E-state index contributed by atoms with van der Waals surface area (Å²) in [5.74, 6) is 0. The number of fused-ring (bicyclic) bond motifs is 1. The molecule has 2 aromatic heterocycles. The SMILES string of the molecule is CCCn1nccc1C(O)c1cc(C)c2ccccc2n1. The summed E-state index contributed by atoms with van der Waals surface area (Å²) in [6.07, 6.45) is 1.95. The summed E-state index contributed by atoms with van der Waals surface area (Å²) in [5.41, 5.74) is 3.49. The molecule has 0 saturated carbocycles. The molecule has 0 spiro atoms. The van der Waals surface area contributed by atoms with Crippen LogP contribution in [0, 0.1) is 6.92 Å². The molecule has 0 radical (unpaired) electrons. The molecule has 1 aromatic carbocycles. The molecule has 0 bridgehead atoms. The molecule has 0 amide bonds. The Morgan fingerprint density at radius 3 is 2.86 bits per heavy atom. The lowest BCUT2D eigenvalue weighted by atomic mass is 10.1. The van der Waals surface area contributed by atoms with Crippen LogP contribution in [0.15, 0.2) is 42.6 Å². The fraction of sp³-hybridized carbons (Fsp3) is 0.294. The van der Waals surface area contributed by atoms with Gasteiger partial charge in [0.15, 0.2) is 0 Å². The number of aromatic nitrogens is 3. The number of aryl methyl sites for hydroxylation is 2. The van der Waals surface area contributed by atoms with E-state index in [-0.39, 0.29) is 0 Å². The Bertz CT molecular complexity index is 764. The van der Waals surface area contributed by atoms with Gasteiger partial charge < -0.3 is 5.11 Å². The monoisotopic (exact) mass is 281 g/mol. The van der Waals surface area contributed by atoms with Gasteiger partial charge in [-0.15, -0.1) is 0 Å². The second-order valence-electron chi connectivity index (χ2n) is 5.26. The number of aliphatic hydroxyl groups excluding tert-OH is 1. The largest absolute Gasteiger partial charge is 0.380 e. The van der Waals surface area contributed by atoms with Gasteiger partial charge in [0.05, 0.1) is 16.9 Å². The highest BCUT2D eigenvalue weighted by molar-refractivity contribution is 5.82.